The predicted molar refractivity (Wildman–Crippen MR) is 106 cm³/mol. The predicted octanol–water partition coefficient (Wildman–Crippen LogP) is 2.46. The SMILES string of the molecule is O=S(=O)(c1ccc2c(c1)OCCCO2)N1CCC(c2nnc3ccccn23)CC1. The van der Waals surface area contributed by atoms with E-state index in [1.54, 1.807) is 22.5 Å². The summed E-state index contributed by atoms with van der Waals surface area (Å²) in [5.41, 5.74) is 0.810. The van der Waals surface area contributed by atoms with Crippen LogP contribution in [0.5, 0.6) is 11.5 Å². The van der Waals surface area contributed by atoms with Gasteiger partial charge in [0.1, 0.15) is 5.82 Å². The number of nitrogens with zero attached hydrogens (tertiary/aromatic N) is 4. The second-order valence-corrected chi connectivity index (χ2v) is 9.26. The maximum atomic E-state index is 13.2. The number of rotatable bonds is 3. The van der Waals surface area contributed by atoms with Crippen LogP contribution in [0, 0.1) is 0 Å². The molecule has 0 spiro atoms. The third-order valence-corrected chi connectivity index (χ3v) is 7.41. The van der Waals surface area contributed by atoms with Gasteiger partial charge in [0.2, 0.25) is 10.0 Å². The summed E-state index contributed by atoms with van der Waals surface area (Å²) in [6.07, 6.45) is 4.14. The van der Waals surface area contributed by atoms with Crippen LogP contribution in [0.3, 0.4) is 0 Å². The van der Waals surface area contributed by atoms with Crippen molar-refractivity contribution < 1.29 is 17.9 Å². The van der Waals surface area contributed by atoms with E-state index in [0.29, 0.717) is 50.6 Å². The highest BCUT2D eigenvalue weighted by Gasteiger charge is 2.32. The van der Waals surface area contributed by atoms with Crippen LogP contribution in [0.25, 0.3) is 5.65 Å². The summed E-state index contributed by atoms with van der Waals surface area (Å²) in [6, 6.07) is 10.7. The van der Waals surface area contributed by atoms with Crippen LogP contribution in [-0.4, -0.2) is 53.6 Å². The number of hydrogen-bond donors (Lipinski definition) is 0. The fourth-order valence-electron chi connectivity index (χ4n) is 3.95. The average molecular weight is 414 g/mol. The third-order valence-electron chi connectivity index (χ3n) is 5.52. The summed E-state index contributed by atoms with van der Waals surface area (Å²) < 4.78 is 41.1. The highest BCUT2D eigenvalue weighted by molar-refractivity contribution is 7.89. The summed E-state index contributed by atoms with van der Waals surface area (Å²) in [5, 5.41) is 8.55. The van der Waals surface area contributed by atoms with Crippen molar-refractivity contribution in [3.8, 4) is 11.5 Å². The number of fused-ring (bicyclic) bond motifs is 2. The van der Waals surface area contributed by atoms with E-state index in [4.69, 9.17) is 9.47 Å². The molecule has 8 nitrogen and oxygen atoms in total. The maximum absolute atomic E-state index is 13.2. The molecule has 5 rings (SSSR count). The van der Waals surface area contributed by atoms with Gasteiger partial charge in [-0.1, -0.05) is 6.07 Å². The lowest BCUT2D eigenvalue weighted by Crippen LogP contribution is -2.38. The number of benzene rings is 1. The fourth-order valence-corrected chi connectivity index (χ4v) is 5.43. The molecular weight excluding hydrogens is 392 g/mol. The van der Waals surface area contributed by atoms with Gasteiger partial charge in [-0.25, -0.2) is 8.42 Å². The van der Waals surface area contributed by atoms with Crippen molar-refractivity contribution in [2.45, 2.75) is 30.1 Å². The molecule has 3 aromatic rings. The van der Waals surface area contributed by atoms with Crippen LogP contribution in [0.4, 0.5) is 0 Å². The van der Waals surface area contributed by atoms with E-state index in [1.165, 1.54) is 0 Å². The molecular formula is C20H22N4O4S. The van der Waals surface area contributed by atoms with Crippen LogP contribution in [0.2, 0.25) is 0 Å². The summed E-state index contributed by atoms with van der Waals surface area (Å²) in [6.45, 7) is 1.99. The van der Waals surface area contributed by atoms with Crippen LogP contribution in [-0.2, 0) is 10.0 Å². The van der Waals surface area contributed by atoms with Crippen LogP contribution in [0.1, 0.15) is 31.0 Å². The highest BCUT2D eigenvalue weighted by Crippen LogP contribution is 2.35. The zero-order valence-electron chi connectivity index (χ0n) is 15.9. The Morgan fingerprint density at radius 3 is 2.59 bits per heavy atom. The molecule has 0 unspecified atom stereocenters. The largest absolute Gasteiger partial charge is 0.490 e. The van der Waals surface area contributed by atoms with Crippen LogP contribution < -0.4 is 9.47 Å². The Morgan fingerprint density at radius 2 is 1.76 bits per heavy atom. The molecule has 0 N–H and O–H groups in total. The molecule has 1 fully saturated rings. The summed E-state index contributed by atoms with van der Waals surface area (Å²) in [4.78, 5) is 0.244. The number of sulfonamides is 1. The van der Waals surface area contributed by atoms with Crippen molar-refractivity contribution in [1.29, 1.82) is 0 Å². The quantitative estimate of drug-likeness (QED) is 0.654. The van der Waals surface area contributed by atoms with Gasteiger partial charge in [0.25, 0.3) is 0 Å². The van der Waals surface area contributed by atoms with E-state index in [-0.39, 0.29) is 10.8 Å². The normalized spacial score (nSPS) is 18.6. The lowest BCUT2D eigenvalue weighted by atomic mass is 9.97. The Bertz CT molecular complexity index is 1140. The lowest BCUT2D eigenvalue weighted by molar-refractivity contribution is 0.296. The minimum Gasteiger partial charge on any atom is -0.490 e. The molecule has 0 aliphatic carbocycles. The lowest BCUT2D eigenvalue weighted by Gasteiger charge is -2.30. The summed E-state index contributed by atoms with van der Waals surface area (Å²) in [5.74, 6) is 2.17. The van der Waals surface area contributed by atoms with Gasteiger partial charge in [0.15, 0.2) is 17.1 Å². The van der Waals surface area contributed by atoms with Crippen molar-refractivity contribution in [3.05, 3.63) is 48.4 Å². The van der Waals surface area contributed by atoms with Gasteiger partial charge in [0.05, 0.1) is 18.1 Å². The highest BCUT2D eigenvalue weighted by atomic mass is 32.2. The van der Waals surface area contributed by atoms with Crippen molar-refractivity contribution >= 4 is 15.7 Å². The Kier molecular flexibility index (Phi) is 4.63. The first kappa shape index (κ1) is 18.4. The Morgan fingerprint density at radius 1 is 0.966 bits per heavy atom. The van der Waals surface area contributed by atoms with E-state index in [0.717, 1.165) is 17.9 Å². The van der Waals surface area contributed by atoms with E-state index in [1.807, 2.05) is 28.8 Å². The average Bonchev–Trinajstić information content (AvgIpc) is 3.04. The minimum absolute atomic E-state index is 0.183. The maximum Gasteiger partial charge on any atom is 0.243 e. The Hall–Kier alpha value is -2.65. The molecule has 0 saturated carbocycles. The molecule has 152 valence electrons. The molecule has 1 aromatic carbocycles. The van der Waals surface area contributed by atoms with E-state index in [9.17, 15) is 8.42 Å². The van der Waals surface area contributed by atoms with Gasteiger partial charge in [-0.2, -0.15) is 4.31 Å². The molecule has 1 saturated heterocycles. The number of pyridine rings is 1. The Labute approximate surface area is 169 Å². The molecule has 2 aromatic heterocycles. The molecule has 29 heavy (non-hydrogen) atoms. The van der Waals surface area contributed by atoms with Gasteiger partial charge in [0, 0.05) is 37.7 Å². The molecule has 2 aliphatic rings. The number of ether oxygens (including phenoxy) is 2. The number of piperidine rings is 1. The van der Waals surface area contributed by atoms with Gasteiger partial charge in [-0.15, -0.1) is 10.2 Å². The summed E-state index contributed by atoms with van der Waals surface area (Å²) in [7, 11) is -3.59. The second-order valence-electron chi connectivity index (χ2n) is 7.32. The molecule has 0 bridgehead atoms. The van der Waals surface area contributed by atoms with Crippen molar-refractivity contribution in [2.24, 2.45) is 0 Å². The smallest absolute Gasteiger partial charge is 0.243 e. The van der Waals surface area contributed by atoms with Gasteiger partial charge >= 0.3 is 0 Å². The third kappa shape index (κ3) is 3.34. The second kappa shape index (κ2) is 7.31. The fraction of sp³-hybridized carbons (Fsp3) is 0.400. The summed E-state index contributed by atoms with van der Waals surface area (Å²) >= 11 is 0. The van der Waals surface area contributed by atoms with Gasteiger partial charge in [-0.3, -0.25) is 4.40 Å². The molecule has 4 heterocycles. The number of hydrogen-bond acceptors (Lipinski definition) is 6. The molecule has 0 atom stereocenters. The number of aromatic nitrogens is 3. The van der Waals surface area contributed by atoms with Crippen LogP contribution >= 0.6 is 0 Å². The van der Waals surface area contributed by atoms with Crippen molar-refractivity contribution in [1.82, 2.24) is 18.9 Å². The molecule has 0 radical (unpaired) electrons. The topological polar surface area (TPSA) is 86.0 Å². The molecule has 9 heteroatoms. The zero-order chi connectivity index (χ0) is 19.8. The molecule has 0 amide bonds. The zero-order valence-corrected chi connectivity index (χ0v) is 16.7. The van der Waals surface area contributed by atoms with Crippen molar-refractivity contribution in [3.63, 3.8) is 0 Å². The van der Waals surface area contributed by atoms with E-state index >= 15 is 0 Å². The minimum atomic E-state index is -3.59. The first-order chi connectivity index (χ1) is 14.1. The molecule has 2 aliphatic heterocycles. The first-order valence-corrected chi connectivity index (χ1v) is 11.3. The van der Waals surface area contributed by atoms with Gasteiger partial charge in [-0.05, 0) is 37.1 Å². The van der Waals surface area contributed by atoms with Gasteiger partial charge < -0.3 is 9.47 Å². The van der Waals surface area contributed by atoms with Crippen molar-refractivity contribution in [2.75, 3.05) is 26.3 Å². The Balaban J connectivity index is 1.34. The standard InChI is InChI=1S/C20H22N4O4S/c25-29(26,16-5-6-17-18(14-16)28-13-3-12-27-17)23-10-7-15(8-11-23)20-22-21-19-4-1-2-9-24(19)20/h1-2,4-6,9,14-15H,3,7-8,10-13H2. The first-order valence-electron chi connectivity index (χ1n) is 9.82. The van der Waals surface area contributed by atoms with E-state index in [2.05, 4.69) is 10.2 Å². The monoisotopic (exact) mass is 414 g/mol. The van der Waals surface area contributed by atoms with Crippen LogP contribution in [0.15, 0.2) is 47.5 Å². The van der Waals surface area contributed by atoms with E-state index < -0.39 is 10.0 Å².